The average molecular weight is 310 g/mol. The molecule has 0 aromatic heterocycles. The van der Waals surface area contributed by atoms with Gasteiger partial charge in [0.1, 0.15) is 0 Å². The molecule has 2 atom stereocenters. The van der Waals surface area contributed by atoms with E-state index in [1.807, 2.05) is 12.1 Å². The largest absolute Gasteiger partial charge is 0.369 e. The van der Waals surface area contributed by atoms with Gasteiger partial charge in [-0.25, -0.2) is 0 Å². The van der Waals surface area contributed by atoms with Gasteiger partial charge in [0.2, 0.25) is 0 Å². The molecule has 1 aromatic carbocycles. The summed E-state index contributed by atoms with van der Waals surface area (Å²) in [5.74, 6) is 1.01. The molecule has 3 fully saturated rings. The third kappa shape index (κ3) is 3.22. The van der Waals surface area contributed by atoms with Crippen LogP contribution < -0.4 is 4.90 Å². The molecule has 0 spiro atoms. The fourth-order valence-electron chi connectivity index (χ4n) is 4.55. The van der Waals surface area contributed by atoms with Gasteiger partial charge in [-0.3, -0.25) is 9.80 Å². The Kier molecular flexibility index (Phi) is 4.24. The summed E-state index contributed by atoms with van der Waals surface area (Å²) in [6, 6.07) is 11.1. The molecule has 0 radical (unpaired) electrons. The number of hydrogen-bond acceptors (Lipinski definition) is 4. The first kappa shape index (κ1) is 15.0. The molecule has 2 aliphatic heterocycles. The molecule has 1 aromatic rings. The van der Waals surface area contributed by atoms with Gasteiger partial charge in [0.25, 0.3) is 0 Å². The van der Waals surface area contributed by atoms with E-state index in [1.54, 1.807) is 0 Å². The number of nitriles is 1. The molecule has 1 saturated carbocycles. The monoisotopic (exact) mass is 310 g/mol. The Morgan fingerprint density at radius 3 is 2.39 bits per heavy atom. The van der Waals surface area contributed by atoms with Crippen molar-refractivity contribution < 1.29 is 0 Å². The van der Waals surface area contributed by atoms with E-state index < -0.39 is 0 Å². The van der Waals surface area contributed by atoms with E-state index in [4.69, 9.17) is 5.26 Å². The molecule has 3 aliphatic rings. The molecule has 0 unspecified atom stereocenters. The van der Waals surface area contributed by atoms with Crippen LogP contribution in [0, 0.1) is 17.2 Å². The lowest BCUT2D eigenvalue weighted by molar-refractivity contribution is 0.167. The molecule has 2 heterocycles. The molecule has 4 rings (SSSR count). The second kappa shape index (κ2) is 6.51. The minimum atomic E-state index is 0.743. The second-order valence-corrected chi connectivity index (χ2v) is 7.32. The van der Waals surface area contributed by atoms with Crippen LogP contribution >= 0.6 is 0 Å². The van der Waals surface area contributed by atoms with E-state index >= 15 is 0 Å². The Morgan fingerprint density at radius 2 is 1.78 bits per heavy atom. The van der Waals surface area contributed by atoms with Gasteiger partial charge in [-0.15, -0.1) is 0 Å². The fraction of sp³-hybridized carbons (Fsp3) is 0.632. The van der Waals surface area contributed by atoms with Crippen molar-refractivity contribution in [3.63, 3.8) is 0 Å². The maximum Gasteiger partial charge on any atom is 0.0991 e. The minimum absolute atomic E-state index is 0.743. The average Bonchev–Trinajstić information content (AvgIpc) is 3.24. The van der Waals surface area contributed by atoms with Crippen molar-refractivity contribution in [3.05, 3.63) is 29.8 Å². The highest BCUT2D eigenvalue weighted by atomic mass is 15.3. The SMILES string of the molecule is N#Cc1ccc(N2CCN(CCN3C[C@H]4CC[C@@H]3C4)CC2)cc1. The van der Waals surface area contributed by atoms with Crippen LogP contribution in [0.2, 0.25) is 0 Å². The molecule has 23 heavy (non-hydrogen) atoms. The summed E-state index contributed by atoms with van der Waals surface area (Å²) >= 11 is 0. The van der Waals surface area contributed by atoms with E-state index in [2.05, 4.69) is 32.9 Å². The number of nitrogens with zero attached hydrogens (tertiary/aromatic N) is 4. The second-order valence-electron chi connectivity index (χ2n) is 7.32. The molecule has 4 nitrogen and oxygen atoms in total. The summed E-state index contributed by atoms with van der Waals surface area (Å²) in [7, 11) is 0. The van der Waals surface area contributed by atoms with E-state index in [-0.39, 0.29) is 0 Å². The van der Waals surface area contributed by atoms with Crippen molar-refractivity contribution in [1.82, 2.24) is 9.80 Å². The third-order valence-corrected chi connectivity index (χ3v) is 5.96. The van der Waals surface area contributed by atoms with E-state index in [0.29, 0.717) is 0 Å². The van der Waals surface area contributed by atoms with Gasteiger partial charge >= 0.3 is 0 Å². The van der Waals surface area contributed by atoms with E-state index in [9.17, 15) is 0 Å². The number of anilines is 1. The maximum absolute atomic E-state index is 8.89. The molecule has 122 valence electrons. The van der Waals surface area contributed by atoms with Gasteiger partial charge in [-0.1, -0.05) is 0 Å². The fourth-order valence-corrected chi connectivity index (χ4v) is 4.55. The highest BCUT2D eigenvalue weighted by Gasteiger charge is 2.37. The molecule has 0 N–H and O–H groups in total. The molecular weight excluding hydrogens is 284 g/mol. The molecule has 4 heteroatoms. The van der Waals surface area contributed by atoms with Crippen molar-refractivity contribution >= 4 is 5.69 Å². The summed E-state index contributed by atoms with van der Waals surface area (Å²) in [4.78, 5) is 7.79. The van der Waals surface area contributed by atoms with Gasteiger partial charge in [0.15, 0.2) is 0 Å². The van der Waals surface area contributed by atoms with Crippen LogP contribution in [0.1, 0.15) is 24.8 Å². The Balaban J connectivity index is 1.23. The predicted octanol–water partition coefficient (Wildman–Crippen LogP) is 2.16. The van der Waals surface area contributed by atoms with Crippen molar-refractivity contribution in [2.24, 2.45) is 5.92 Å². The first-order valence-electron chi connectivity index (χ1n) is 9.03. The lowest BCUT2D eigenvalue weighted by Gasteiger charge is -2.37. The third-order valence-electron chi connectivity index (χ3n) is 5.96. The van der Waals surface area contributed by atoms with Crippen molar-refractivity contribution in [1.29, 1.82) is 5.26 Å². The quantitative estimate of drug-likeness (QED) is 0.853. The summed E-state index contributed by atoms with van der Waals surface area (Å²) in [5.41, 5.74) is 1.99. The Hall–Kier alpha value is -1.57. The number of benzene rings is 1. The highest BCUT2D eigenvalue weighted by Crippen LogP contribution is 2.36. The van der Waals surface area contributed by atoms with Crippen molar-refractivity contribution in [2.45, 2.75) is 25.3 Å². The van der Waals surface area contributed by atoms with Crippen LogP contribution in [0.3, 0.4) is 0 Å². The number of fused-ring (bicyclic) bond motifs is 2. The number of rotatable bonds is 4. The maximum atomic E-state index is 8.89. The smallest absolute Gasteiger partial charge is 0.0991 e. The van der Waals surface area contributed by atoms with E-state index in [1.165, 1.54) is 44.6 Å². The summed E-state index contributed by atoms with van der Waals surface area (Å²) in [6.07, 6.45) is 4.38. The summed E-state index contributed by atoms with van der Waals surface area (Å²) in [5, 5.41) is 8.89. The van der Waals surface area contributed by atoms with Gasteiger partial charge in [0, 0.05) is 57.5 Å². The number of piperazine rings is 1. The van der Waals surface area contributed by atoms with Crippen LogP contribution in [-0.4, -0.2) is 61.7 Å². The topological polar surface area (TPSA) is 33.5 Å². The number of likely N-dealkylation sites (tertiary alicyclic amines) is 1. The molecule has 1 aliphatic carbocycles. The van der Waals surface area contributed by atoms with Crippen LogP contribution in [-0.2, 0) is 0 Å². The zero-order valence-electron chi connectivity index (χ0n) is 13.8. The Labute approximate surface area is 139 Å². The zero-order valence-corrected chi connectivity index (χ0v) is 13.8. The Morgan fingerprint density at radius 1 is 1.00 bits per heavy atom. The first-order chi connectivity index (χ1) is 11.3. The molecular formula is C19H26N4. The summed E-state index contributed by atoms with van der Waals surface area (Å²) < 4.78 is 0. The van der Waals surface area contributed by atoms with Crippen LogP contribution in [0.5, 0.6) is 0 Å². The lowest BCUT2D eigenvalue weighted by Crippen LogP contribution is -2.49. The van der Waals surface area contributed by atoms with E-state index in [0.717, 1.165) is 43.7 Å². The number of hydrogen-bond donors (Lipinski definition) is 0. The zero-order chi connectivity index (χ0) is 15.6. The van der Waals surface area contributed by atoms with Gasteiger partial charge in [-0.05, 0) is 49.4 Å². The van der Waals surface area contributed by atoms with Crippen LogP contribution in [0.4, 0.5) is 5.69 Å². The molecule has 0 amide bonds. The summed E-state index contributed by atoms with van der Waals surface area (Å²) in [6.45, 7) is 8.35. The van der Waals surface area contributed by atoms with Crippen molar-refractivity contribution in [3.8, 4) is 6.07 Å². The van der Waals surface area contributed by atoms with Gasteiger partial charge in [0.05, 0.1) is 11.6 Å². The predicted molar refractivity (Wildman–Crippen MR) is 92.5 cm³/mol. The van der Waals surface area contributed by atoms with Crippen molar-refractivity contribution in [2.75, 3.05) is 50.7 Å². The first-order valence-corrected chi connectivity index (χ1v) is 9.03. The van der Waals surface area contributed by atoms with Crippen LogP contribution in [0.25, 0.3) is 0 Å². The molecule has 2 bridgehead atoms. The minimum Gasteiger partial charge on any atom is -0.369 e. The number of piperidine rings is 1. The van der Waals surface area contributed by atoms with Gasteiger partial charge < -0.3 is 4.90 Å². The van der Waals surface area contributed by atoms with Gasteiger partial charge in [-0.2, -0.15) is 5.26 Å². The molecule has 2 saturated heterocycles. The van der Waals surface area contributed by atoms with Crippen LogP contribution in [0.15, 0.2) is 24.3 Å². The Bertz CT molecular complexity index is 568. The lowest BCUT2D eigenvalue weighted by atomic mass is 10.1. The highest BCUT2D eigenvalue weighted by molar-refractivity contribution is 5.50. The normalized spacial score (nSPS) is 28.2. The standard InChI is InChI=1S/C19H26N4/c20-14-16-1-4-18(5-2-16)22-10-7-21(8-11-22)9-12-23-15-17-3-6-19(23)13-17/h1-2,4-5,17,19H,3,6-13,15H2/t17-,19+/m0/s1.